The third-order valence-electron chi connectivity index (χ3n) is 5.81. The lowest BCUT2D eigenvalue weighted by molar-refractivity contribution is 0.497. The lowest BCUT2D eigenvalue weighted by Gasteiger charge is -2.16. The van der Waals surface area contributed by atoms with Crippen molar-refractivity contribution in [3.05, 3.63) is 70.3 Å². The Hall–Kier alpha value is -3.54. The first-order chi connectivity index (χ1) is 14.5. The Morgan fingerprint density at radius 1 is 0.900 bits per heavy atom. The molecule has 2 aromatic carbocycles. The van der Waals surface area contributed by atoms with E-state index in [9.17, 15) is 4.79 Å². The van der Waals surface area contributed by atoms with Gasteiger partial charge in [0.15, 0.2) is 11.3 Å². The first-order valence-electron chi connectivity index (χ1n) is 10.3. The maximum atomic E-state index is 13.6. The highest BCUT2D eigenvalue weighted by Crippen LogP contribution is 2.29. The van der Waals surface area contributed by atoms with Gasteiger partial charge in [0.05, 0.1) is 11.0 Å². The number of benzene rings is 2. The summed E-state index contributed by atoms with van der Waals surface area (Å²) in [6.07, 6.45) is 0.846. The summed E-state index contributed by atoms with van der Waals surface area (Å²) < 4.78 is 3.73. The number of fused-ring (bicyclic) bond motifs is 4. The van der Waals surface area contributed by atoms with Crippen molar-refractivity contribution in [2.45, 2.75) is 40.2 Å². The fourth-order valence-corrected chi connectivity index (χ4v) is 4.05. The van der Waals surface area contributed by atoms with Gasteiger partial charge in [-0.15, -0.1) is 0 Å². The minimum Gasteiger partial charge on any atom is -0.293 e. The van der Waals surface area contributed by atoms with Gasteiger partial charge in [0, 0.05) is 11.7 Å². The van der Waals surface area contributed by atoms with Crippen LogP contribution in [-0.4, -0.2) is 24.1 Å². The van der Waals surface area contributed by atoms with Crippen LogP contribution in [0.5, 0.6) is 0 Å². The predicted molar refractivity (Wildman–Crippen MR) is 120 cm³/mol. The first-order valence-corrected chi connectivity index (χ1v) is 10.3. The van der Waals surface area contributed by atoms with E-state index < -0.39 is 0 Å². The van der Waals surface area contributed by atoms with Gasteiger partial charge >= 0.3 is 0 Å². The summed E-state index contributed by atoms with van der Waals surface area (Å²) in [4.78, 5) is 28.3. The molecule has 3 heterocycles. The van der Waals surface area contributed by atoms with Gasteiger partial charge < -0.3 is 0 Å². The van der Waals surface area contributed by atoms with Crippen LogP contribution < -0.4 is 5.56 Å². The topological polar surface area (TPSA) is 65.6 Å². The SMILES string of the molecule is CC[C@H](C)n1c(C)nc2c(c1=O)c1nc3ccccc3nc1n2-c1ccc(C)cc1. The van der Waals surface area contributed by atoms with Crippen LogP contribution in [0, 0.1) is 13.8 Å². The molecule has 0 N–H and O–H groups in total. The molecule has 5 aromatic rings. The van der Waals surface area contributed by atoms with E-state index in [1.165, 1.54) is 5.56 Å². The molecule has 0 aliphatic carbocycles. The number of aryl methyl sites for hydroxylation is 2. The fourth-order valence-electron chi connectivity index (χ4n) is 4.05. The number of para-hydroxylation sites is 2. The summed E-state index contributed by atoms with van der Waals surface area (Å²) in [5, 5.41) is 0.523. The molecule has 5 rings (SSSR count). The molecule has 0 saturated heterocycles. The standard InChI is InChI=1S/C24H23N5O/c1-5-15(3)28-16(4)25-22-20(24(28)30)21-23(27-19-9-7-6-8-18(19)26-21)29(22)17-12-10-14(2)11-13-17/h6-13,15H,5H2,1-4H3/t15-/m0/s1. The third-order valence-corrected chi connectivity index (χ3v) is 5.81. The molecule has 3 aromatic heterocycles. The molecule has 150 valence electrons. The van der Waals surface area contributed by atoms with Crippen molar-refractivity contribution in [3.63, 3.8) is 0 Å². The zero-order chi connectivity index (χ0) is 21.0. The Balaban J connectivity index is 2.01. The molecule has 30 heavy (non-hydrogen) atoms. The molecular formula is C24H23N5O. The summed E-state index contributed by atoms with van der Waals surface area (Å²) in [7, 11) is 0. The van der Waals surface area contributed by atoms with Gasteiger partial charge in [0.25, 0.3) is 5.56 Å². The van der Waals surface area contributed by atoms with Crippen LogP contribution in [0.25, 0.3) is 38.9 Å². The number of rotatable bonds is 3. The lowest BCUT2D eigenvalue weighted by atomic mass is 10.2. The van der Waals surface area contributed by atoms with Crippen molar-refractivity contribution in [1.82, 2.24) is 24.1 Å². The second kappa shape index (κ2) is 6.76. The van der Waals surface area contributed by atoms with Crippen LogP contribution in [0.2, 0.25) is 0 Å². The molecule has 0 fully saturated rings. The molecule has 6 heteroatoms. The molecule has 0 bridgehead atoms. The Labute approximate surface area is 173 Å². The molecule has 0 unspecified atom stereocenters. The summed E-state index contributed by atoms with van der Waals surface area (Å²) in [6.45, 7) is 8.06. The van der Waals surface area contributed by atoms with Crippen LogP contribution in [-0.2, 0) is 0 Å². The van der Waals surface area contributed by atoms with Gasteiger partial charge in [-0.1, -0.05) is 36.8 Å². The highest BCUT2D eigenvalue weighted by Gasteiger charge is 2.23. The maximum absolute atomic E-state index is 13.6. The second-order valence-electron chi connectivity index (χ2n) is 7.85. The minimum absolute atomic E-state index is 0.0561. The van der Waals surface area contributed by atoms with Crippen molar-refractivity contribution in [3.8, 4) is 5.69 Å². The van der Waals surface area contributed by atoms with Crippen molar-refractivity contribution in [2.24, 2.45) is 0 Å². The molecule has 0 aliphatic heterocycles. The minimum atomic E-state index is -0.0627. The largest absolute Gasteiger partial charge is 0.293 e. The Morgan fingerprint density at radius 3 is 2.23 bits per heavy atom. The Kier molecular flexibility index (Phi) is 4.17. The average Bonchev–Trinajstić information content (AvgIpc) is 3.05. The van der Waals surface area contributed by atoms with Crippen molar-refractivity contribution >= 4 is 33.2 Å². The van der Waals surface area contributed by atoms with Gasteiger partial charge in [-0.3, -0.25) is 13.9 Å². The first kappa shape index (κ1) is 18.5. The van der Waals surface area contributed by atoms with Crippen LogP contribution >= 0.6 is 0 Å². The molecule has 6 nitrogen and oxygen atoms in total. The number of hydrogen-bond donors (Lipinski definition) is 0. The van der Waals surface area contributed by atoms with E-state index in [1.54, 1.807) is 4.57 Å². The van der Waals surface area contributed by atoms with Crippen LogP contribution in [0.1, 0.15) is 37.7 Å². The van der Waals surface area contributed by atoms with E-state index >= 15 is 0 Å². The summed E-state index contributed by atoms with van der Waals surface area (Å²) in [5.74, 6) is 0.697. The van der Waals surface area contributed by atoms with Crippen LogP contribution in [0.15, 0.2) is 53.3 Å². The summed E-state index contributed by atoms with van der Waals surface area (Å²) in [5.41, 5.74) is 5.43. The van der Waals surface area contributed by atoms with E-state index in [0.717, 1.165) is 23.1 Å². The molecule has 1 atom stereocenters. The van der Waals surface area contributed by atoms with E-state index in [1.807, 2.05) is 54.8 Å². The normalized spacial score (nSPS) is 12.8. The third kappa shape index (κ3) is 2.64. The van der Waals surface area contributed by atoms with Gasteiger partial charge in [-0.2, -0.15) is 0 Å². The Bertz CT molecular complexity index is 1480. The molecule has 0 amide bonds. The predicted octanol–water partition coefficient (Wildman–Crippen LogP) is 4.87. The number of aromatic nitrogens is 5. The Morgan fingerprint density at radius 2 is 1.57 bits per heavy atom. The highest BCUT2D eigenvalue weighted by atomic mass is 16.1. The van der Waals surface area contributed by atoms with Crippen molar-refractivity contribution in [1.29, 1.82) is 0 Å². The van der Waals surface area contributed by atoms with Gasteiger partial charge in [-0.25, -0.2) is 15.0 Å². The number of hydrogen-bond acceptors (Lipinski definition) is 4. The fraction of sp³-hybridized carbons (Fsp3) is 0.250. The van der Waals surface area contributed by atoms with Gasteiger partial charge in [0.1, 0.15) is 16.7 Å². The summed E-state index contributed by atoms with van der Waals surface area (Å²) in [6, 6.07) is 16.0. The molecule has 0 saturated carbocycles. The molecule has 0 radical (unpaired) electrons. The summed E-state index contributed by atoms with van der Waals surface area (Å²) >= 11 is 0. The van der Waals surface area contributed by atoms with Crippen LogP contribution in [0.3, 0.4) is 0 Å². The molecular weight excluding hydrogens is 374 g/mol. The van der Waals surface area contributed by atoms with E-state index in [2.05, 4.69) is 26.0 Å². The lowest BCUT2D eigenvalue weighted by Crippen LogP contribution is -2.26. The zero-order valence-corrected chi connectivity index (χ0v) is 17.5. The van der Waals surface area contributed by atoms with E-state index in [-0.39, 0.29) is 11.6 Å². The van der Waals surface area contributed by atoms with Gasteiger partial charge in [0.2, 0.25) is 0 Å². The van der Waals surface area contributed by atoms with E-state index in [0.29, 0.717) is 28.0 Å². The second-order valence-corrected chi connectivity index (χ2v) is 7.85. The number of nitrogens with zero attached hydrogens (tertiary/aromatic N) is 5. The molecule has 0 spiro atoms. The maximum Gasteiger partial charge on any atom is 0.265 e. The monoisotopic (exact) mass is 397 g/mol. The van der Waals surface area contributed by atoms with Gasteiger partial charge in [-0.05, 0) is 51.5 Å². The smallest absolute Gasteiger partial charge is 0.265 e. The van der Waals surface area contributed by atoms with Crippen molar-refractivity contribution in [2.75, 3.05) is 0 Å². The van der Waals surface area contributed by atoms with Crippen molar-refractivity contribution < 1.29 is 0 Å². The zero-order valence-electron chi connectivity index (χ0n) is 17.5. The highest BCUT2D eigenvalue weighted by molar-refractivity contribution is 6.05. The van der Waals surface area contributed by atoms with Crippen LogP contribution in [0.4, 0.5) is 0 Å². The average molecular weight is 397 g/mol. The van der Waals surface area contributed by atoms with E-state index in [4.69, 9.17) is 15.0 Å². The molecule has 0 aliphatic rings. The quantitative estimate of drug-likeness (QED) is 0.436.